The standard InChI is InChI=1S/C6H16N4/c1-2-9-6(8)10-5-3-4-7/h2-5,7H2,1H3,(H3,8,9,10). The van der Waals surface area contributed by atoms with E-state index in [9.17, 15) is 0 Å². The van der Waals surface area contributed by atoms with E-state index < -0.39 is 0 Å². The molecule has 0 saturated carbocycles. The van der Waals surface area contributed by atoms with Crippen LogP contribution < -0.4 is 16.4 Å². The molecule has 0 aliphatic rings. The van der Waals surface area contributed by atoms with Gasteiger partial charge in [0.1, 0.15) is 0 Å². The molecule has 0 rings (SSSR count). The second kappa shape index (κ2) is 6.35. The zero-order chi connectivity index (χ0) is 7.82. The Bertz CT molecular complexity index is 91.7. The molecule has 4 nitrogen and oxygen atoms in total. The summed E-state index contributed by atoms with van der Waals surface area (Å²) < 4.78 is 0. The van der Waals surface area contributed by atoms with Crippen LogP contribution in [0.4, 0.5) is 0 Å². The maximum Gasteiger partial charge on any atom is 0.188 e. The van der Waals surface area contributed by atoms with Crippen molar-refractivity contribution in [2.24, 2.45) is 5.73 Å². The van der Waals surface area contributed by atoms with E-state index in [1.54, 1.807) is 0 Å². The molecule has 0 amide bonds. The summed E-state index contributed by atoms with van der Waals surface area (Å²) in [7, 11) is 0. The quantitative estimate of drug-likeness (QED) is 0.243. The van der Waals surface area contributed by atoms with Crippen molar-refractivity contribution in [3.8, 4) is 0 Å². The van der Waals surface area contributed by atoms with Gasteiger partial charge in [-0.1, -0.05) is 0 Å². The van der Waals surface area contributed by atoms with E-state index >= 15 is 0 Å². The lowest BCUT2D eigenvalue weighted by atomic mass is 10.4. The van der Waals surface area contributed by atoms with Gasteiger partial charge in [0.25, 0.3) is 0 Å². The van der Waals surface area contributed by atoms with E-state index in [1.165, 1.54) is 0 Å². The maximum absolute atomic E-state index is 7.20. The van der Waals surface area contributed by atoms with Crippen LogP contribution in [0.25, 0.3) is 0 Å². The third-order valence-corrected chi connectivity index (χ3v) is 1.04. The Morgan fingerprint density at radius 2 is 2.20 bits per heavy atom. The molecule has 60 valence electrons. The molecule has 0 aliphatic carbocycles. The molecule has 5 N–H and O–H groups in total. The minimum Gasteiger partial charge on any atom is -0.357 e. The van der Waals surface area contributed by atoms with Crippen molar-refractivity contribution in [1.82, 2.24) is 10.6 Å². The molecule has 0 fully saturated rings. The van der Waals surface area contributed by atoms with Crippen LogP contribution in [0.2, 0.25) is 0 Å². The van der Waals surface area contributed by atoms with Crippen molar-refractivity contribution in [2.45, 2.75) is 13.3 Å². The second-order valence-electron chi connectivity index (χ2n) is 1.97. The van der Waals surface area contributed by atoms with E-state index in [0.717, 1.165) is 19.5 Å². The summed E-state index contributed by atoms with van der Waals surface area (Å²) in [6.07, 6.45) is 0.910. The highest BCUT2D eigenvalue weighted by Crippen LogP contribution is 1.68. The van der Waals surface area contributed by atoms with Crippen molar-refractivity contribution < 1.29 is 0 Å². The number of guanidine groups is 1. The first-order valence-corrected chi connectivity index (χ1v) is 3.57. The van der Waals surface area contributed by atoms with Gasteiger partial charge in [0.05, 0.1) is 0 Å². The molecule has 4 heteroatoms. The zero-order valence-electron chi connectivity index (χ0n) is 6.41. The monoisotopic (exact) mass is 144 g/mol. The van der Waals surface area contributed by atoms with Crippen LogP contribution in [0.5, 0.6) is 0 Å². The minimum atomic E-state index is 0.385. The van der Waals surface area contributed by atoms with Gasteiger partial charge in [-0.05, 0) is 19.9 Å². The molecule has 0 aromatic rings. The summed E-state index contributed by atoms with van der Waals surface area (Å²) in [4.78, 5) is 0. The number of nitrogens with one attached hydrogen (secondary N) is 3. The van der Waals surface area contributed by atoms with Crippen LogP contribution in [0.1, 0.15) is 13.3 Å². The maximum atomic E-state index is 7.20. The van der Waals surface area contributed by atoms with Gasteiger partial charge >= 0.3 is 0 Å². The highest BCUT2D eigenvalue weighted by atomic mass is 15.1. The molecule has 0 aromatic carbocycles. The molecule has 0 saturated heterocycles. The minimum absolute atomic E-state index is 0.385. The molecule has 0 spiro atoms. The topological polar surface area (TPSA) is 73.9 Å². The molecule has 10 heavy (non-hydrogen) atoms. The zero-order valence-corrected chi connectivity index (χ0v) is 6.41. The van der Waals surface area contributed by atoms with Crippen molar-refractivity contribution in [3.63, 3.8) is 0 Å². The largest absolute Gasteiger partial charge is 0.357 e. The molecular weight excluding hydrogens is 128 g/mol. The van der Waals surface area contributed by atoms with E-state index in [2.05, 4.69) is 10.6 Å². The summed E-state index contributed by atoms with van der Waals surface area (Å²) in [5.74, 6) is 0.385. The molecule has 0 aliphatic heterocycles. The van der Waals surface area contributed by atoms with Gasteiger partial charge < -0.3 is 16.4 Å². The Kier molecular flexibility index (Phi) is 5.86. The number of hydrogen-bond donors (Lipinski definition) is 4. The highest BCUT2D eigenvalue weighted by Gasteiger charge is 1.89. The van der Waals surface area contributed by atoms with Crippen molar-refractivity contribution in [1.29, 1.82) is 5.41 Å². The third-order valence-electron chi connectivity index (χ3n) is 1.04. The lowest BCUT2D eigenvalue weighted by molar-refractivity contribution is 0.754. The molecule has 0 radical (unpaired) electrons. The first-order chi connectivity index (χ1) is 4.81. The molecule has 0 unspecified atom stereocenters. The molecule has 0 aromatic heterocycles. The summed E-state index contributed by atoms with van der Waals surface area (Å²) >= 11 is 0. The Morgan fingerprint density at radius 3 is 2.70 bits per heavy atom. The van der Waals surface area contributed by atoms with Gasteiger partial charge in [-0.3, -0.25) is 5.41 Å². The Morgan fingerprint density at radius 1 is 1.50 bits per heavy atom. The average Bonchev–Trinajstić information content (AvgIpc) is 1.89. The van der Waals surface area contributed by atoms with Crippen LogP contribution in [0.15, 0.2) is 0 Å². The Balaban J connectivity index is 3.05. The lowest BCUT2D eigenvalue weighted by Gasteiger charge is -2.06. The fourth-order valence-corrected chi connectivity index (χ4v) is 0.555. The predicted molar refractivity (Wildman–Crippen MR) is 43.1 cm³/mol. The smallest absolute Gasteiger partial charge is 0.188 e. The van der Waals surface area contributed by atoms with Gasteiger partial charge in [-0.2, -0.15) is 0 Å². The van der Waals surface area contributed by atoms with Gasteiger partial charge in [0.15, 0.2) is 5.96 Å². The van der Waals surface area contributed by atoms with Crippen LogP contribution >= 0.6 is 0 Å². The summed E-state index contributed by atoms with van der Waals surface area (Å²) in [6.45, 7) is 4.20. The van der Waals surface area contributed by atoms with E-state index in [0.29, 0.717) is 12.5 Å². The Hall–Kier alpha value is -0.770. The predicted octanol–water partition coefficient (Wildman–Crippen LogP) is -0.531. The molecule has 0 bridgehead atoms. The molecule has 0 heterocycles. The van der Waals surface area contributed by atoms with Crippen LogP contribution in [-0.4, -0.2) is 25.6 Å². The summed E-state index contributed by atoms with van der Waals surface area (Å²) in [5.41, 5.74) is 5.26. The van der Waals surface area contributed by atoms with Gasteiger partial charge in [-0.25, -0.2) is 0 Å². The number of nitrogens with two attached hydrogens (primary N) is 1. The van der Waals surface area contributed by atoms with Crippen LogP contribution in [-0.2, 0) is 0 Å². The average molecular weight is 144 g/mol. The van der Waals surface area contributed by atoms with Gasteiger partial charge in [0, 0.05) is 13.1 Å². The molecule has 0 atom stereocenters. The summed E-state index contributed by atoms with van der Waals surface area (Å²) in [5, 5.41) is 12.9. The number of hydrogen-bond acceptors (Lipinski definition) is 2. The number of rotatable bonds is 4. The SMILES string of the molecule is CCNC(=N)NCCCN. The van der Waals surface area contributed by atoms with E-state index in [-0.39, 0.29) is 0 Å². The molecular formula is C6H16N4. The van der Waals surface area contributed by atoms with Crippen LogP contribution in [0.3, 0.4) is 0 Å². The lowest BCUT2D eigenvalue weighted by Crippen LogP contribution is -2.37. The first kappa shape index (κ1) is 9.23. The fourth-order valence-electron chi connectivity index (χ4n) is 0.555. The normalized spacial score (nSPS) is 9.00. The summed E-state index contributed by atoms with van der Waals surface area (Å²) in [6, 6.07) is 0. The fraction of sp³-hybridized carbons (Fsp3) is 0.833. The van der Waals surface area contributed by atoms with Crippen molar-refractivity contribution in [2.75, 3.05) is 19.6 Å². The Labute approximate surface area is 61.7 Å². The van der Waals surface area contributed by atoms with Crippen molar-refractivity contribution >= 4 is 5.96 Å². The van der Waals surface area contributed by atoms with Gasteiger partial charge in [0.2, 0.25) is 0 Å². The first-order valence-electron chi connectivity index (χ1n) is 3.57. The van der Waals surface area contributed by atoms with E-state index in [1.807, 2.05) is 6.92 Å². The van der Waals surface area contributed by atoms with Crippen molar-refractivity contribution in [3.05, 3.63) is 0 Å². The second-order valence-corrected chi connectivity index (χ2v) is 1.97. The third kappa shape index (κ3) is 5.37. The van der Waals surface area contributed by atoms with Crippen LogP contribution in [0, 0.1) is 5.41 Å². The highest BCUT2D eigenvalue weighted by molar-refractivity contribution is 5.76. The van der Waals surface area contributed by atoms with Gasteiger partial charge in [-0.15, -0.1) is 0 Å². The van der Waals surface area contributed by atoms with E-state index in [4.69, 9.17) is 11.1 Å².